The van der Waals surface area contributed by atoms with Gasteiger partial charge in [0.15, 0.2) is 4.34 Å². The minimum absolute atomic E-state index is 0.253. The fourth-order valence-electron chi connectivity index (χ4n) is 1.81. The van der Waals surface area contributed by atoms with Gasteiger partial charge < -0.3 is 5.73 Å². The Morgan fingerprint density at radius 3 is 2.74 bits per heavy atom. The van der Waals surface area contributed by atoms with Crippen LogP contribution in [0, 0.1) is 13.8 Å². The topological polar surface area (TPSA) is 51.8 Å². The summed E-state index contributed by atoms with van der Waals surface area (Å²) in [5.41, 5.74) is 8.58. The van der Waals surface area contributed by atoms with Crippen LogP contribution in [-0.4, -0.2) is 15.4 Å². The van der Waals surface area contributed by atoms with Gasteiger partial charge in [-0.1, -0.05) is 30.8 Å². The van der Waals surface area contributed by atoms with E-state index in [0.29, 0.717) is 0 Å². The van der Waals surface area contributed by atoms with Gasteiger partial charge in [-0.25, -0.2) is 4.98 Å². The summed E-state index contributed by atoms with van der Waals surface area (Å²) in [5.74, 6) is 0.843. The molecule has 0 bridgehead atoms. The molecule has 1 heterocycles. The second-order valence-electron chi connectivity index (χ2n) is 4.68. The summed E-state index contributed by atoms with van der Waals surface area (Å²) < 4.78 is 5.20. The third-order valence-electron chi connectivity index (χ3n) is 2.97. The lowest BCUT2D eigenvalue weighted by Crippen LogP contribution is -2.21. The maximum absolute atomic E-state index is 6.00. The molecule has 5 heteroatoms. The minimum Gasteiger partial charge on any atom is -0.327 e. The van der Waals surface area contributed by atoms with E-state index < -0.39 is 0 Å². The second-order valence-corrected chi connectivity index (χ2v) is 6.72. The number of hydrogen-bond donors (Lipinski definition) is 1. The summed E-state index contributed by atoms with van der Waals surface area (Å²) in [5, 5.41) is 0. The molecular weight excluding hydrogens is 274 g/mol. The Morgan fingerprint density at radius 2 is 2.16 bits per heavy atom. The molecular formula is C14H19N3S2. The SMILES string of the molecule is CCC(N)Cc1ccc(Sc2nc(C)ns2)c(C)c1. The van der Waals surface area contributed by atoms with Crippen LogP contribution in [0.2, 0.25) is 0 Å². The van der Waals surface area contributed by atoms with Crippen LogP contribution in [0.4, 0.5) is 0 Å². The Balaban J connectivity index is 2.10. The van der Waals surface area contributed by atoms with Gasteiger partial charge in [-0.3, -0.25) is 0 Å². The first kappa shape index (κ1) is 14.5. The monoisotopic (exact) mass is 293 g/mol. The molecule has 3 nitrogen and oxygen atoms in total. The summed E-state index contributed by atoms with van der Waals surface area (Å²) in [6.45, 7) is 6.18. The number of aromatic nitrogens is 2. The van der Waals surface area contributed by atoms with E-state index in [0.717, 1.165) is 23.0 Å². The molecule has 0 fully saturated rings. The molecule has 2 N–H and O–H groups in total. The zero-order chi connectivity index (χ0) is 13.8. The number of benzene rings is 1. The molecule has 1 atom stereocenters. The van der Waals surface area contributed by atoms with E-state index in [9.17, 15) is 0 Å². The van der Waals surface area contributed by atoms with Gasteiger partial charge in [0.05, 0.1) is 0 Å². The molecule has 0 aliphatic rings. The van der Waals surface area contributed by atoms with Crippen molar-refractivity contribution in [1.82, 2.24) is 9.36 Å². The summed E-state index contributed by atoms with van der Waals surface area (Å²) in [6.07, 6.45) is 1.96. The molecule has 0 saturated carbocycles. The Bertz CT molecular complexity index is 551. The Kier molecular flexibility index (Phi) is 4.96. The van der Waals surface area contributed by atoms with E-state index >= 15 is 0 Å². The van der Waals surface area contributed by atoms with Crippen LogP contribution < -0.4 is 5.73 Å². The predicted octanol–water partition coefficient (Wildman–Crippen LogP) is 3.59. The summed E-state index contributed by atoms with van der Waals surface area (Å²) >= 11 is 3.14. The lowest BCUT2D eigenvalue weighted by Gasteiger charge is -2.11. The first-order valence-electron chi connectivity index (χ1n) is 6.41. The van der Waals surface area contributed by atoms with Crippen molar-refractivity contribution in [3.05, 3.63) is 35.2 Å². The van der Waals surface area contributed by atoms with Crippen LogP contribution in [0.1, 0.15) is 30.3 Å². The average molecular weight is 293 g/mol. The first-order valence-corrected chi connectivity index (χ1v) is 8.00. The number of nitrogens with two attached hydrogens (primary N) is 1. The lowest BCUT2D eigenvalue weighted by molar-refractivity contribution is 0.646. The zero-order valence-electron chi connectivity index (χ0n) is 11.5. The van der Waals surface area contributed by atoms with Gasteiger partial charge in [0.25, 0.3) is 0 Å². The highest BCUT2D eigenvalue weighted by molar-refractivity contribution is 8.01. The number of aryl methyl sites for hydroxylation is 2. The van der Waals surface area contributed by atoms with E-state index in [1.807, 2.05) is 6.92 Å². The van der Waals surface area contributed by atoms with Crippen molar-refractivity contribution in [2.45, 2.75) is 48.9 Å². The van der Waals surface area contributed by atoms with E-state index in [-0.39, 0.29) is 6.04 Å². The molecule has 0 spiro atoms. The van der Waals surface area contributed by atoms with Crippen molar-refractivity contribution in [3.63, 3.8) is 0 Å². The van der Waals surface area contributed by atoms with E-state index in [1.165, 1.54) is 27.6 Å². The van der Waals surface area contributed by atoms with Crippen LogP contribution in [0.5, 0.6) is 0 Å². The van der Waals surface area contributed by atoms with Gasteiger partial charge in [-0.15, -0.1) is 0 Å². The van der Waals surface area contributed by atoms with Crippen LogP contribution in [0.25, 0.3) is 0 Å². The maximum atomic E-state index is 6.00. The highest BCUT2D eigenvalue weighted by Gasteiger charge is 2.08. The molecule has 2 rings (SSSR count). The number of hydrogen-bond acceptors (Lipinski definition) is 5. The molecule has 1 aromatic heterocycles. The van der Waals surface area contributed by atoms with Crippen LogP contribution in [0.3, 0.4) is 0 Å². The zero-order valence-corrected chi connectivity index (χ0v) is 13.1. The number of nitrogens with zero attached hydrogens (tertiary/aromatic N) is 2. The molecule has 0 amide bonds. The largest absolute Gasteiger partial charge is 0.327 e. The molecule has 0 saturated heterocycles. The van der Waals surface area contributed by atoms with Gasteiger partial charge in [-0.2, -0.15) is 4.37 Å². The minimum atomic E-state index is 0.253. The summed E-state index contributed by atoms with van der Waals surface area (Å²) in [7, 11) is 0. The normalized spacial score (nSPS) is 12.6. The molecule has 2 aromatic rings. The fourth-order valence-corrected chi connectivity index (χ4v) is 3.49. The molecule has 0 radical (unpaired) electrons. The van der Waals surface area contributed by atoms with Crippen LogP contribution in [0.15, 0.2) is 27.4 Å². The second kappa shape index (κ2) is 6.50. The van der Waals surface area contributed by atoms with Gasteiger partial charge in [0, 0.05) is 10.9 Å². The number of rotatable bonds is 5. The molecule has 1 unspecified atom stereocenters. The maximum Gasteiger partial charge on any atom is 0.174 e. The van der Waals surface area contributed by atoms with Crippen molar-refractivity contribution < 1.29 is 0 Å². The third kappa shape index (κ3) is 4.03. The standard InChI is InChI=1S/C14H19N3S2/c1-4-12(15)8-11-5-6-13(9(2)7-11)18-14-16-10(3)17-19-14/h5-7,12H,4,8,15H2,1-3H3. The highest BCUT2D eigenvalue weighted by Crippen LogP contribution is 2.31. The average Bonchev–Trinajstić information content (AvgIpc) is 2.78. The van der Waals surface area contributed by atoms with Gasteiger partial charge in [0.2, 0.25) is 0 Å². The predicted molar refractivity (Wildman–Crippen MR) is 81.9 cm³/mol. The lowest BCUT2D eigenvalue weighted by atomic mass is 10.0. The highest BCUT2D eigenvalue weighted by atomic mass is 32.2. The van der Waals surface area contributed by atoms with E-state index in [4.69, 9.17) is 5.73 Å². The van der Waals surface area contributed by atoms with Crippen molar-refractivity contribution in [3.8, 4) is 0 Å². The first-order chi connectivity index (χ1) is 9.08. The van der Waals surface area contributed by atoms with Crippen molar-refractivity contribution in [1.29, 1.82) is 0 Å². The van der Waals surface area contributed by atoms with Gasteiger partial charge in [-0.05, 0) is 55.4 Å². The van der Waals surface area contributed by atoms with Crippen LogP contribution >= 0.6 is 23.3 Å². The van der Waals surface area contributed by atoms with Crippen molar-refractivity contribution >= 4 is 23.3 Å². The Morgan fingerprint density at radius 1 is 1.37 bits per heavy atom. The van der Waals surface area contributed by atoms with E-state index in [1.54, 1.807) is 11.8 Å². The smallest absolute Gasteiger partial charge is 0.174 e. The van der Waals surface area contributed by atoms with Gasteiger partial charge >= 0.3 is 0 Å². The quantitative estimate of drug-likeness (QED) is 0.915. The van der Waals surface area contributed by atoms with Gasteiger partial charge in [0.1, 0.15) is 5.82 Å². The molecule has 102 valence electrons. The Labute approximate surface area is 122 Å². The summed E-state index contributed by atoms with van der Waals surface area (Å²) in [4.78, 5) is 5.62. The molecule has 0 aliphatic heterocycles. The summed E-state index contributed by atoms with van der Waals surface area (Å²) in [6, 6.07) is 6.81. The molecule has 1 aromatic carbocycles. The van der Waals surface area contributed by atoms with Crippen LogP contribution in [-0.2, 0) is 6.42 Å². The molecule has 0 aliphatic carbocycles. The third-order valence-corrected chi connectivity index (χ3v) is 4.99. The Hall–Kier alpha value is -0.910. The van der Waals surface area contributed by atoms with E-state index in [2.05, 4.69) is 41.4 Å². The van der Waals surface area contributed by atoms with Crippen molar-refractivity contribution in [2.24, 2.45) is 5.73 Å². The molecule has 19 heavy (non-hydrogen) atoms. The van der Waals surface area contributed by atoms with Crippen molar-refractivity contribution in [2.75, 3.05) is 0 Å². The fraction of sp³-hybridized carbons (Fsp3) is 0.429.